The molecule has 6 nitrogen and oxygen atoms in total. The Morgan fingerprint density at radius 3 is 2.92 bits per heavy atom. The van der Waals surface area contributed by atoms with Crippen molar-refractivity contribution in [1.29, 1.82) is 0 Å². The number of aromatic amines is 1. The van der Waals surface area contributed by atoms with E-state index in [9.17, 15) is 4.79 Å². The first-order valence-corrected chi connectivity index (χ1v) is 10.1. The van der Waals surface area contributed by atoms with Crippen molar-refractivity contribution in [2.75, 3.05) is 0 Å². The number of nitrogens with one attached hydrogen (secondary N) is 2. The third-order valence-electron chi connectivity index (χ3n) is 5.19. The molecule has 0 aliphatic heterocycles. The quantitative estimate of drug-likeness (QED) is 0.686. The van der Waals surface area contributed by atoms with Crippen LogP contribution in [0.1, 0.15) is 39.5 Å². The summed E-state index contributed by atoms with van der Waals surface area (Å²) in [7, 11) is 0. The van der Waals surface area contributed by atoms with E-state index in [1.165, 1.54) is 31.0 Å². The fourth-order valence-corrected chi connectivity index (χ4v) is 4.32. The fraction of sp³-hybridized carbons (Fsp3) is 0.474. The van der Waals surface area contributed by atoms with Crippen molar-refractivity contribution in [3.05, 3.63) is 24.3 Å². The monoisotopic (exact) mass is 369 g/mol. The Morgan fingerprint density at radius 1 is 1.27 bits per heavy atom. The van der Waals surface area contributed by atoms with Crippen LogP contribution in [0.25, 0.3) is 22.1 Å². The number of carbonyl (C=O) groups is 1. The molecule has 3 atom stereocenters. The number of thioether (sulfide) groups is 1. The Labute approximate surface area is 156 Å². The first-order valence-electron chi connectivity index (χ1n) is 9.20. The molecule has 26 heavy (non-hydrogen) atoms. The van der Waals surface area contributed by atoms with Crippen LogP contribution in [0.15, 0.2) is 29.4 Å². The van der Waals surface area contributed by atoms with Crippen molar-refractivity contribution in [2.24, 2.45) is 5.92 Å². The summed E-state index contributed by atoms with van der Waals surface area (Å²) < 4.78 is 0. The number of aromatic nitrogens is 4. The summed E-state index contributed by atoms with van der Waals surface area (Å²) in [5.41, 5.74) is 2.46. The average Bonchev–Trinajstić information content (AvgIpc) is 3.01. The molecule has 1 fully saturated rings. The molecule has 4 rings (SSSR count). The summed E-state index contributed by atoms with van der Waals surface area (Å²) in [6, 6.07) is 8.22. The van der Waals surface area contributed by atoms with Gasteiger partial charge in [0.25, 0.3) is 0 Å². The van der Waals surface area contributed by atoms with Crippen LogP contribution in [0.5, 0.6) is 0 Å². The maximum atomic E-state index is 12.5. The van der Waals surface area contributed by atoms with Crippen LogP contribution in [-0.4, -0.2) is 37.4 Å². The Hall–Kier alpha value is -2.15. The number of rotatable bonds is 4. The van der Waals surface area contributed by atoms with E-state index in [0.717, 1.165) is 22.8 Å². The lowest BCUT2D eigenvalue weighted by molar-refractivity contribution is -0.121. The van der Waals surface area contributed by atoms with Gasteiger partial charge in [-0.3, -0.25) is 4.79 Å². The summed E-state index contributed by atoms with van der Waals surface area (Å²) in [6.07, 6.45) is 4.72. The van der Waals surface area contributed by atoms with E-state index < -0.39 is 0 Å². The molecule has 0 spiro atoms. The summed E-state index contributed by atoms with van der Waals surface area (Å²) in [4.78, 5) is 20.4. The van der Waals surface area contributed by atoms with Crippen LogP contribution in [-0.2, 0) is 4.79 Å². The molecule has 1 saturated carbocycles. The fourth-order valence-electron chi connectivity index (χ4n) is 3.60. The van der Waals surface area contributed by atoms with E-state index in [1.54, 1.807) is 0 Å². The zero-order valence-electron chi connectivity index (χ0n) is 15.0. The number of hydrogen-bond acceptors (Lipinski definition) is 5. The molecular weight excluding hydrogens is 346 g/mol. The highest BCUT2D eigenvalue weighted by Crippen LogP contribution is 2.27. The number of amides is 1. The van der Waals surface area contributed by atoms with Crippen LogP contribution in [0, 0.1) is 5.92 Å². The smallest absolute Gasteiger partial charge is 0.233 e. The largest absolute Gasteiger partial charge is 0.352 e. The molecule has 1 aliphatic rings. The normalized spacial score (nSPS) is 21.8. The van der Waals surface area contributed by atoms with Gasteiger partial charge in [0.15, 0.2) is 5.65 Å². The molecule has 0 radical (unpaired) electrons. The highest BCUT2D eigenvalue weighted by atomic mass is 32.2. The minimum atomic E-state index is -0.257. The Bertz CT molecular complexity index is 940. The van der Waals surface area contributed by atoms with Crippen LogP contribution < -0.4 is 5.32 Å². The summed E-state index contributed by atoms with van der Waals surface area (Å²) >= 11 is 1.35. The standard InChI is InChI=1S/C19H23N5OS/c1-11-7-3-5-9-14(11)21-18(25)12(2)26-19-22-17-16(23-24-19)13-8-4-6-10-15(13)20-17/h4,6,8,10-12,14H,3,5,7,9H2,1-2H3,(H,21,25)(H,20,22,24)/t11-,12-,14+/m0/s1. The van der Waals surface area contributed by atoms with Crippen molar-refractivity contribution >= 4 is 39.7 Å². The topological polar surface area (TPSA) is 83.6 Å². The van der Waals surface area contributed by atoms with Gasteiger partial charge in [-0.2, -0.15) is 0 Å². The van der Waals surface area contributed by atoms with E-state index in [-0.39, 0.29) is 17.2 Å². The minimum absolute atomic E-state index is 0.0501. The molecule has 2 heterocycles. The third-order valence-corrected chi connectivity index (χ3v) is 6.14. The lowest BCUT2D eigenvalue weighted by Gasteiger charge is -2.30. The minimum Gasteiger partial charge on any atom is -0.352 e. The maximum absolute atomic E-state index is 12.5. The number of hydrogen-bond donors (Lipinski definition) is 2. The molecule has 3 aromatic rings. The number of para-hydroxylation sites is 1. The van der Waals surface area contributed by atoms with Gasteiger partial charge in [-0.1, -0.05) is 49.7 Å². The molecule has 2 N–H and O–H groups in total. The van der Waals surface area contributed by atoms with E-state index >= 15 is 0 Å². The SMILES string of the molecule is C[C@H](Sc1nnc2c(n1)[nH]c1ccccc12)C(=O)N[C@@H]1CCCC[C@@H]1C. The molecule has 2 aromatic heterocycles. The molecule has 136 valence electrons. The van der Waals surface area contributed by atoms with Crippen molar-refractivity contribution in [2.45, 2.75) is 56.0 Å². The molecular formula is C19H23N5OS. The summed E-state index contributed by atoms with van der Waals surface area (Å²) in [5.74, 6) is 0.597. The van der Waals surface area contributed by atoms with Crippen molar-refractivity contribution in [1.82, 2.24) is 25.5 Å². The number of nitrogens with zero attached hydrogens (tertiary/aromatic N) is 3. The van der Waals surface area contributed by atoms with Crippen LogP contribution >= 0.6 is 11.8 Å². The van der Waals surface area contributed by atoms with Crippen molar-refractivity contribution in [3.8, 4) is 0 Å². The Kier molecular flexibility index (Phi) is 4.80. The highest BCUT2D eigenvalue weighted by Gasteiger charge is 2.25. The van der Waals surface area contributed by atoms with Crippen molar-refractivity contribution in [3.63, 3.8) is 0 Å². The number of H-pyrrole nitrogens is 1. The second-order valence-corrected chi connectivity index (χ2v) is 8.41. The number of benzene rings is 1. The van der Waals surface area contributed by atoms with Gasteiger partial charge in [-0.25, -0.2) is 4.98 Å². The molecule has 0 unspecified atom stereocenters. The van der Waals surface area contributed by atoms with Crippen LogP contribution in [0.3, 0.4) is 0 Å². The molecule has 7 heteroatoms. The van der Waals surface area contributed by atoms with Gasteiger partial charge >= 0.3 is 0 Å². The van der Waals surface area contributed by atoms with E-state index in [0.29, 0.717) is 16.7 Å². The predicted molar refractivity (Wildman–Crippen MR) is 104 cm³/mol. The zero-order valence-corrected chi connectivity index (χ0v) is 15.8. The highest BCUT2D eigenvalue weighted by molar-refractivity contribution is 8.00. The number of fused-ring (bicyclic) bond motifs is 3. The molecule has 1 aliphatic carbocycles. The van der Waals surface area contributed by atoms with Gasteiger partial charge in [-0.05, 0) is 31.7 Å². The zero-order chi connectivity index (χ0) is 18.1. The Morgan fingerprint density at radius 2 is 2.08 bits per heavy atom. The Balaban J connectivity index is 1.47. The van der Waals surface area contributed by atoms with E-state index in [4.69, 9.17) is 0 Å². The lowest BCUT2D eigenvalue weighted by atomic mass is 9.86. The second-order valence-electron chi connectivity index (χ2n) is 7.10. The molecule has 1 aromatic carbocycles. The third kappa shape index (κ3) is 3.40. The van der Waals surface area contributed by atoms with Gasteiger partial charge in [-0.15, -0.1) is 10.2 Å². The first kappa shape index (κ1) is 17.3. The molecule has 0 saturated heterocycles. The van der Waals surface area contributed by atoms with Gasteiger partial charge in [0, 0.05) is 16.9 Å². The maximum Gasteiger partial charge on any atom is 0.233 e. The average molecular weight is 369 g/mol. The first-order chi connectivity index (χ1) is 12.6. The lowest BCUT2D eigenvalue weighted by Crippen LogP contribution is -2.44. The van der Waals surface area contributed by atoms with Crippen LogP contribution in [0.2, 0.25) is 0 Å². The second kappa shape index (κ2) is 7.23. The van der Waals surface area contributed by atoms with Crippen molar-refractivity contribution < 1.29 is 4.79 Å². The van der Waals surface area contributed by atoms with Gasteiger partial charge in [0.1, 0.15) is 5.52 Å². The van der Waals surface area contributed by atoms with Gasteiger partial charge < -0.3 is 10.3 Å². The summed E-state index contributed by atoms with van der Waals surface area (Å²) in [5, 5.41) is 13.0. The van der Waals surface area contributed by atoms with E-state index in [2.05, 4.69) is 32.4 Å². The van der Waals surface area contributed by atoms with Gasteiger partial charge in [0.05, 0.1) is 5.25 Å². The predicted octanol–water partition coefficient (Wildman–Crippen LogP) is 3.68. The molecule has 1 amide bonds. The van der Waals surface area contributed by atoms with E-state index in [1.807, 2.05) is 31.2 Å². The molecule has 0 bridgehead atoms. The van der Waals surface area contributed by atoms with Gasteiger partial charge in [0.2, 0.25) is 11.1 Å². The number of carbonyl (C=O) groups excluding carboxylic acids is 1. The summed E-state index contributed by atoms with van der Waals surface area (Å²) in [6.45, 7) is 4.12. The van der Waals surface area contributed by atoms with Crippen LogP contribution in [0.4, 0.5) is 0 Å².